The fraction of sp³-hybridized carbons (Fsp3) is 0. The highest BCUT2D eigenvalue weighted by molar-refractivity contribution is 6.26. The summed E-state index contributed by atoms with van der Waals surface area (Å²) < 4.78 is 7.11. The van der Waals surface area contributed by atoms with Crippen LogP contribution in [0.15, 0.2) is 170 Å². The lowest BCUT2D eigenvalue weighted by Crippen LogP contribution is -1.99. The van der Waals surface area contributed by atoms with Gasteiger partial charge in [0.2, 0.25) is 0 Å². The molecular formula is C43H28N4. The van der Waals surface area contributed by atoms with Crippen LogP contribution in [0.3, 0.4) is 0 Å². The van der Waals surface area contributed by atoms with E-state index in [0.717, 1.165) is 39.5 Å². The maximum absolute atomic E-state index is 5.05. The molecule has 3 heterocycles. The number of aromatic nitrogens is 4. The van der Waals surface area contributed by atoms with Crippen molar-refractivity contribution in [3.05, 3.63) is 170 Å². The maximum Gasteiger partial charge on any atom is 0.145 e. The largest absolute Gasteiger partial charge is 0.309 e. The Morgan fingerprint density at radius 2 is 0.894 bits per heavy atom. The third kappa shape index (κ3) is 3.79. The first kappa shape index (κ1) is 25.9. The van der Waals surface area contributed by atoms with Gasteiger partial charge in [-0.1, -0.05) is 103 Å². The van der Waals surface area contributed by atoms with Crippen LogP contribution >= 0.6 is 0 Å². The van der Waals surface area contributed by atoms with Gasteiger partial charge in [-0.2, -0.15) is 0 Å². The highest BCUT2D eigenvalue weighted by atomic mass is 15.1. The molecule has 0 aliphatic rings. The predicted octanol–water partition coefficient (Wildman–Crippen LogP) is 10.9. The van der Waals surface area contributed by atoms with Crippen molar-refractivity contribution in [3.63, 3.8) is 0 Å². The van der Waals surface area contributed by atoms with Gasteiger partial charge in [0.1, 0.15) is 5.82 Å². The summed E-state index contributed by atoms with van der Waals surface area (Å²) in [6, 6.07) is 60.6. The monoisotopic (exact) mass is 600 g/mol. The molecule has 4 heteroatoms. The number of para-hydroxylation sites is 5. The molecule has 4 nitrogen and oxygen atoms in total. The Hall–Kier alpha value is -6.39. The van der Waals surface area contributed by atoms with Crippen molar-refractivity contribution in [2.24, 2.45) is 0 Å². The van der Waals surface area contributed by atoms with E-state index in [9.17, 15) is 0 Å². The Labute approximate surface area is 271 Å². The minimum absolute atomic E-state index is 0.938. The minimum Gasteiger partial charge on any atom is -0.309 e. The topological polar surface area (TPSA) is 27.7 Å². The van der Waals surface area contributed by atoms with E-state index in [2.05, 4.69) is 171 Å². The molecule has 0 aliphatic carbocycles. The molecule has 0 aliphatic heterocycles. The third-order valence-corrected chi connectivity index (χ3v) is 9.44. The van der Waals surface area contributed by atoms with Gasteiger partial charge in [-0.05, 0) is 66.7 Å². The molecule has 7 aromatic carbocycles. The average molecular weight is 601 g/mol. The van der Waals surface area contributed by atoms with Crippen molar-refractivity contribution >= 4 is 54.6 Å². The molecule has 0 bridgehead atoms. The summed E-state index contributed by atoms with van der Waals surface area (Å²) in [5.74, 6) is 0.938. The summed E-state index contributed by atoms with van der Waals surface area (Å²) in [5.41, 5.74) is 11.3. The normalized spacial score (nSPS) is 11.8. The van der Waals surface area contributed by atoms with Gasteiger partial charge < -0.3 is 9.13 Å². The standard InChI is InChI=1S/C43H28N4/c1-3-13-29(14-4-1)43-44-36-19-9-12-22-39(36)47(43)32-25-23-31(24-26-32)45-38-21-11-8-18-35(38)41-40(45)28-27-34-33-17-7-10-20-37(33)46(42(34)41)30-15-5-2-6-16-30/h1-28H. The van der Waals surface area contributed by atoms with Crippen LogP contribution in [0.2, 0.25) is 0 Å². The van der Waals surface area contributed by atoms with Crippen molar-refractivity contribution < 1.29 is 0 Å². The maximum atomic E-state index is 5.05. The molecule has 10 aromatic rings. The van der Waals surface area contributed by atoms with Gasteiger partial charge in [-0.25, -0.2) is 4.98 Å². The summed E-state index contributed by atoms with van der Waals surface area (Å²) in [7, 11) is 0. The van der Waals surface area contributed by atoms with Crippen LogP contribution in [-0.4, -0.2) is 18.7 Å². The Bertz CT molecular complexity index is 2760. The van der Waals surface area contributed by atoms with Crippen molar-refractivity contribution in [1.29, 1.82) is 0 Å². The van der Waals surface area contributed by atoms with Crippen molar-refractivity contribution in [2.45, 2.75) is 0 Å². The van der Waals surface area contributed by atoms with Crippen LogP contribution in [0, 0.1) is 0 Å². The minimum atomic E-state index is 0.938. The fourth-order valence-electron chi connectivity index (χ4n) is 7.45. The second-order valence-corrected chi connectivity index (χ2v) is 12.0. The van der Waals surface area contributed by atoms with E-state index in [0.29, 0.717) is 0 Å². The highest BCUT2D eigenvalue weighted by Crippen LogP contribution is 2.42. The zero-order valence-electron chi connectivity index (χ0n) is 25.5. The molecule has 0 fully saturated rings. The quantitative estimate of drug-likeness (QED) is 0.197. The molecule has 0 saturated carbocycles. The summed E-state index contributed by atoms with van der Waals surface area (Å²) in [5, 5.41) is 5.02. The number of hydrogen-bond donors (Lipinski definition) is 0. The molecule has 10 rings (SSSR count). The van der Waals surface area contributed by atoms with Crippen molar-refractivity contribution in [3.8, 4) is 28.5 Å². The lowest BCUT2D eigenvalue weighted by Gasteiger charge is -2.13. The molecule has 0 radical (unpaired) electrons. The molecule has 0 atom stereocenters. The zero-order valence-corrected chi connectivity index (χ0v) is 25.5. The Balaban J connectivity index is 1.23. The number of hydrogen-bond acceptors (Lipinski definition) is 1. The van der Waals surface area contributed by atoms with E-state index < -0.39 is 0 Å². The lowest BCUT2D eigenvalue weighted by molar-refractivity contribution is 1.09. The molecule has 0 N–H and O–H groups in total. The second-order valence-electron chi connectivity index (χ2n) is 12.0. The van der Waals surface area contributed by atoms with E-state index in [1.54, 1.807) is 0 Å². The number of fused-ring (bicyclic) bond motifs is 8. The van der Waals surface area contributed by atoms with Crippen LogP contribution < -0.4 is 0 Å². The SMILES string of the molecule is c1ccc(-c2nc3ccccc3n2-c2ccc(-n3c4ccccc4c4c3ccc3c5ccccc5n(-c5ccccc5)c34)cc2)cc1. The van der Waals surface area contributed by atoms with Gasteiger partial charge in [0.25, 0.3) is 0 Å². The summed E-state index contributed by atoms with van der Waals surface area (Å²) in [6.07, 6.45) is 0. The summed E-state index contributed by atoms with van der Waals surface area (Å²) in [4.78, 5) is 5.05. The summed E-state index contributed by atoms with van der Waals surface area (Å²) in [6.45, 7) is 0. The van der Waals surface area contributed by atoms with Gasteiger partial charge in [0.05, 0.1) is 33.1 Å². The van der Waals surface area contributed by atoms with E-state index in [1.165, 1.54) is 43.6 Å². The number of rotatable bonds is 4. The molecule has 220 valence electrons. The first-order chi connectivity index (χ1) is 23.3. The van der Waals surface area contributed by atoms with Gasteiger partial charge in [-0.15, -0.1) is 0 Å². The predicted molar refractivity (Wildman–Crippen MR) is 195 cm³/mol. The second kappa shape index (κ2) is 10.1. The highest BCUT2D eigenvalue weighted by Gasteiger charge is 2.21. The van der Waals surface area contributed by atoms with Crippen LogP contribution in [0.4, 0.5) is 0 Å². The smallest absolute Gasteiger partial charge is 0.145 e. The number of benzene rings is 7. The van der Waals surface area contributed by atoms with E-state index in [4.69, 9.17) is 4.98 Å². The molecule has 47 heavy (non-hydrogen) atoms. The van der Waals surface area contributed by atoms with Crippen LogP contribution in [0.25, 0.3) is 83.1 Å². The number of imidazole rings is 1. The lowest BCUT2D eigenvalue weighted by atomic mass is 10.1. The fourth-order valence-corrected chi connectivity index (χ4v) is 7.45. The average Bonchev–Trinajstić information content (AvgIpc) is 3.80. The van der Waals surface area contributed by atoms with E-state index in [-0.39, 0.29) is 0 Å². The Morgan fingerprint density at radius 3 is 1.64 bits per heavy atom. The molecule has 0 spiro atoms. The molecular weight excluding hydrogens is 573 g/mol. The molecule has 3 aromatic heterocycles. The van der Waals surface area contributed by atoms with Gasteiger partial charge >= 0.3 is 0 Å². The Kier molecular flexibility index (Phi) is 5.54. The molecule has 0 saturated heterocycles. The zero-order chi connectivity index (χ0) is 30.9. The molecule has 0 amide bonds. The Morgan fingerprint density at radius 1 is 0.340 bits per heavy atom. The van der Waals surface area contributed by atoms with Crippen molar-refractivity contribution in [2.75, 3.05) is 0 Å². The van der Waals surface area contributed by atoms with E-state index in [1.807, 2.05) is 12.1 Å². The van der Waals surface area contributed by atoms with E-state index >= 15 is 0 Å². The van der Waals surface area contributed by atoms with Gasteiger partial charge in [0.15, 0.2) is 0 Å². The van der Waals surface area contributed by atoms with Crippen LogP contribution in [-0.2, 0) is 0 Å². The van der Waals surface area contributed by atoms with Crippen LogP contribution in [0.5, 0.6) is 0 Å². The van der Waals surface area contributed by atoms with Crippen molar-refractivity contribution in [1.82, 2.24) is 18.7 Å². The summed E-state index contributed by atoms with van der Waals surface area (Å²) >= 11 is 0. The number of nitrogens with zero attached hydrogens (tertiary/aromatic N) is 4. The van der Waals surface area contributed by atoms with Crippen LogP contribution in [0.1, 0.15) is 0 Å². The molecule has 0 unspecified atom stereocenters. The first-order valence-electron chi connectivity index (χ1n) is 16.0. The first-order valence-corrected chi connectivity index (χ1v) is 16.0. The van der Waals surface area contributed by atoms with Gasteiger partial charge in [0, 0.05) is 44.2 Å². The van der Waals surface area contributed by atoms with Gasteiger partial charge in [-0.3, -0.25) is 4.57 Å². The third-order valence-electron chi connectivity index (χ3n) is 9.44.